The Labute approximate surface area is 113 Å². The number of fused-ring (bicyclic) bond motifs is 3. The number of aromatic nitrogens is 1. The van der Waals surface area contributed by atoms with E-state index in [4.69, 9.17) is 5.11 Å². The summed E-state index contributed by atoms with van der Waals surface area (Å²) >= 11 is 1.06. The maximum absolute atomic E-state index is 13.9. The summed E-state index contributed by atoms with van der Waals surface area (Å²) in [7, 11) is 0. The second-order valence-corrected chi connectivity index (χ2v) is 5.59. The molecular weight excluding hydrogens is 295 g/mol. The number of carbonyl (C=O) groups is 1. The fraction of sp³-hybridized carbons (Fsp3) is 0.167. The number of pyridine rings is 1. The van der Waals surface area contributed by atoms with Crippen LogP contribution in [0.1, 0.15) is 22.7 Å². The van der Waals surface area contributed by atoms with Gasteiger partial charge in [-0.3, -0.25) is 4.79 Å². The molecule has 1 atom stereocenters. The predicted molar refractivity (Wildman–Crippen MR) is 65.6 cm³/mol. The third-order valence-electron chi connectivity index (χ3n) is 3.14. The molecule has 1 aliphatic rings. The van der Waals surface area contributed by atoms with E-state index in [2.05, 4.69) is 0 Å². The van der Waals surface area contributed by atoms with Gasteiger partial charge in [-0.15, -0.1) is 0 Å². The van der Waals surface area contributed by atoms with Gasteiger partial charge < -0.3 is 9.67 Å². The molecule has 0 spiro atoms. The first kappa shape index (κ1) is 13.0. The number of thioether (sulfide) groups is 1. The Morgan fingerprint density at radius 1 is 1.35 bits per heavy atom. The number of carboxylic acids is 1. The molecular formula is C12H6F3NO3S. The first-order valence-corrected chi connectivity index (χ1v) is 6.38. The van der Waals surface area contributed by atoms with Crippen molar-refractivity contribution in [2.75, 3.05) is 0 Å². The van der Waals surface area contributed by atoms with Crippen LogP contribution in [0.15, 0.2) is 15.9 Å². The molecule has 1 aliphatic heterocycles. The topological polar surface area (TPSA) is 59.3 Å². The van der Waals surface area contributed by atoms with Crippen LogP contribution < -0.4 is 5.43 Å². The van der Waals surface area contributed by atoms with Crippen molar-refractivity contribution >= 4 is 28.6 Å². The van der Waals surface area contributed by atoms with E-state index in [0.29, 0.717) is 6.07 Å². The number of hydrogen-bond acceptors (Lipinski definition) is 3. The van der Waals surface area contributed by atoms with Crippen molar-refractivity contribution < 1.29 is 23.1 Å². The van der Waals surface area contributed by atoms with Crippen LogP contribution in [0.4, 0.5) is 13.2 Å². The van der Waals surface area contributed by atoms with Crippen molar-refractivity contribution in [1.29, 1.82) is 0 Å². The lowest BCUT2D eigenvalue weighted by Gasteiger charge is -2.32. The van der Waals surface area contributed by atoms with Gasteiger partial charge in [0.05, 0.1) is 21.3 Å². The van der Waals surface area contributed by atoms with Gasteiger partial charge in [-0.05, 0) is 13.0 Å². The van der Waals surface area contributed by atoms with Crippen LogP contribution in [-0.4, -0.2) is 15.6 Å². The molecule has 1 unspecified atom stereocenters. The van der Waals surface area contributed by atoms with E-state index in [-0.39, 0.29) is 10.4 Å². The van der Waals surface area contributed by atoms with Crippen LogP contribution in [0, 0.1) is 17.5 Å². The summed E-state index contributed by atoms with van der Waals surface area (Å²) < 4.78 is 41.7. The molecule has 104 valence electrons. The van der Waals surface area contributed by atoms with Crippen molar-refractivity contribution in [2.24, 2.45) is 0 Å². The quantitative estimate of drug-likeness (QED) is 0.823. The lowest BCUT2D eigenvalue weighted by atomic mass is 10.1. The first-order valence-electron chi connectivity index (χ1n) is 5.50. The molecule has 0 fully saturated rings. The SMILES string of the molecule is CC1Sc2c(C(=O)O)c(=O)c3cc(F)c(F)c(F)c3n21. The molecule has 0 radical (unpaired) electrons. The van der Waals surface area contributed by atoms with Gasteiger partial charge in [-0.2, -0.15) is 0 Å². The van der Waals surface area contributed by atoms with Crippen LogP contribution in [0.25, 0.3) is 10.9 Å². The number of benzene rings is 1. The van der Waals surface area contributed by atoms with Crippen LogP contribution in [0.2, 0.25) is 0 Å². The smallest absolute Gasteiger partial charge is 0.342 e. The highest BCUT2D eigenvalue weighted by Gasteiger charge is 2.34. The molecule has 0 bridgehead atoms. The number of aromatic carboxylic acids is 1. The maximum Gasteiger partial charge on any atom is 0.342 e. The zero-order chi connectivity index (χ0) is 14.8. The monoisotopic (exact) mass is 301 g/mol. The van der Waals surface area contributed by atoms with E-state index >= 15 is 0 Å². The third-order valence-corrected chi connectivity index (χ3v) is 4.32. The summed E-state index contributed by atoms with van der Waals surface area (Å²) in [6.45, 7) is 1.63. The van der Waals surface area contributed by atoms with Crippen LogP contribution >= 0.6 is 11.8 Å². The van der Waals surface area contributed by atoms with Crippen molar-refractivity contribution in [2.45, 2.75) is 17.3 Å². The summed E-state index contributed by atoms with van der Waals surface area (Å²) in [6, 6.07) is 0.533. The summed E-state index contributed by atoms with van der Waals surface area (Å²) in [5.41, 5.74) is -1.97. The van der Waals surface area contributed by atoms with Gasteiger partial charge >= 0.3 is 5.97 Å². The highest BCUT2D eigenvalue weighted by molar-refractivity contribution is 8.00. The third kappa shape index (κ3) is 1.45. The van der Waals surface area contributed by atoms with E-state index in [1.165, 1.54) is 4.57 Å². The van der Waals surface area contributed by atoms with Crippen LogP contribution in [0.3, 0.4) is 0 Å². The fourth-order valence-electron chi connectivity index (χ4n) is 2.26. The van der Waals surface area contributed by atoms with Crippen LogP contribution in [-0.2, 0) is 0 Å². The van der Waals surface area contributed by atoms with E-state index in [1.807, 2.05) is 0 Å². The van der Waals surface area contributed by atoms with Crippen molar-refractivity contribution in [3.63, 3.8) is 0 Å². The molecule has 20 heavy (non-hydrogen) atoms. The molecule has 1 aromatic heterocycles. The fourth-order valence-corrected chi connectivity index (χ4v) is 3.40. The maximum atomic E-state index is 13.9. The molecule has 2 aromatic rings. The minimum Gasteiger partial charge on any atom is -0.477 e. The molecule has 1 N–H and O–H groups in total. The molecule has 4 nitrogen and oxygen atoms in total. The van der Waals surface area contributed by atoms with E-state index < -0.39 is 45.3 Å². The number of hydrogen-bond donors (Lipinski definition) is 1. The van der Waals surface area contributed by atoms with Gasteiger partial charge in [0.2, 0.25) is 5.43 Å². The second-order valence-electron chi connectivity index (χ2n) is 4.28. The summed E-state index contributed by atoms with van der Waals surface area (Å²) in [4.78, 5) is 23.2. The molecule has 8 heteroatoms. The van der Waals surface area contributed by atoms with Crippen molar-refractivity contribution in [3.05, 3.63) is 39.3 Å². The second kappa shape index (κ2) is 4.02. The van der Waals surface area contributed by atoms with Crippen molar-refractivity contribution in [3.8, 4) is 0 Å². The highest BCUT2D eigenvalue weighted by atomic mass is 32.2. The zero-order valence-electron chi connectivity index (χ0n) is 9.91. The Hall–Kier alpha value is -1.96. The molecule has 0 aliphatic carbocycles. The van der Waals surface area contributed by atoms with Gasteiger partial charge in [-0.1, -0.05) is 11.8 Å². The van der Waals surface area contributed by atoms with Gasteiger partial charge in [0.25, 0.3) is 0 Å². The molecule has 3 rings (SSSR count). The normalized spacial score (nSPS) is 16.9. The highest BCUT2D eigenvalue weighted by Crippen LogP contribution is 2.46. The van der Waals surface area contributed by atoms with Crippen LogP contribution in [0.5, 0.6) is 0 Å². The average Bonchev–Trinajstić information content (AvgIpc) is 2.37. The van der Waals surface area contributed by atoms with Gasteiger partial charge in [-0.25, -0.2) is 18.0 Å². The molecule has 0 amide bonds. The van der Waals surface area contributed by atoms with E-state index in [9.17, 15) is 22.8 Å². The molecule has 0 saturated carbocycles. The number of halogens is 3. The Balaban J connectivity index is 2.61. The Kier molecular flexibility index (Phi) is 2.62. The molecule has 2 heterocycles. The van der Waals surface area contributed by atoms with Crippen molar-refractivity contribution in [1.82, 2.24) is 4.57 Å². The number of carboxylic acid groups (broad SMARTS) is 1. The largest absolute Gasteiger partial charge is 0.477 e. The summed E-state index contributed by atoms with van der Waals surface area (Å²) in [6.07, 6.45) is 0. The standard InChI is InChI=1S/C12H6F3NO3S/c1-3-16-9-4(2-5(13)7(14)8(9)15)10(17)6(12(18)19)11(16)20-3/h2-3H,1H3,(H,18,19). The zero-order valence-corrected chi connectivity index (χ0v) is 10.7. The summed E-state index contributed by atoms with van der Waals surface area (Å²) in [5, 5.41) is 8.26. The minimum absolute atomic E-state index is 0.0485. The number of nitrogens with zero attached hydrogens (tertiary/aromatic N) is 1. The number of rotatable bonds is 1. The predicted octanol–water partition coefficient (Wildman–Crippen LogP) is 2.74. The minimum atomic E-state index is -1.68. The average molecular weight is 301 g/mol. The van der Waals surface area contributed by atoms with E-state index in [0.717, 1.165) is 11.8 Å². The van der Waals surface area contributed by atoms with Gasteiger partial charge in [0.15, 0.2) is 17.5 Å². The molecule has 0 saturated heterocycles. The molecule has 1 aromatic carbocycles. The Bertz CT molecular complexity index is 846. The Morgan fingerprint density at radius 2 is 2.00 bits per heavy atom. The van der Waals surface area contributed by atoms with E-state index in [1.54, 1.807) is 6.92 Å². The Morgan fingerprint density at radius 3 is 2.55 bits per heavy atom. The lowest BCUT2D eigenvalue weighted by molar-refractivity contribution is 0.0689. The first-order chi connectivity index (χ1) is 9.34. The van der Waals surface area contributed by atoms with Gasteiger partial charge in [0.1, 0.15) is 5.56 Å². The summed E-state index contributed by atoms with van der Waals surface area (Å²) in [5.74, 6) is -6.17. The lowest BCUT2D eigenvalue weighted by Crippen LogP contribution is -2.29. The van der Waals surface area contributed by atoms with Gasteiger partial charge in [0, 0.05) is 0 Å².